The number of hydrogen-bond donors (Lipinski definition) is 0. The Morgan fingerprint density at radius 1 is 1.00 bits per heavy atom. The topological polar surface area (TPSA) is 38.8 Å². The van der Waals surface area contributed by atoms with Gasteiger partial charge in [-0.25, -0.2) is 0 Å². The van der Waals surface area contributed by atoms with Crippen LogP contribution in [0, 0.1) is 0 Å². The normalized spacial score (nSPS) is 11.6. The van der Waals surface area contributed by atoms with Crippen LogP contribution in [0.5, 0.6) is 11.5 Å². The number of carbonyl (C=O) groups excluding carboxylic acids is 1. The van der Waals surface area contributed by atoms with Gasteiger partial charge in [-0.2, -0.15) is 0 Å². The third-order valence-corrected chi connectivity index (χ3v) is 3.19. The van der Waals surface area contributed by atoms with Crippen LogP contribution >= 0.6 is 0 Å². The zero-order chi connectivity index (χ0) is 15.2. The monoisotopic (exact) mass is 285 g/mol. The molecule has 0 fully saturated rings. The SMILES string of the molecule is COc1ccccc1O[C@@H](C)C(=O)N(C)c1ccccc1. The summed E-state index contributed by atoms with van der Waals surface area (Å²) in [5.74, 6) is 1.05. The number of hydrogen-bond acceptors (Lipinski definition) is 3. The van der Waals surface area contributed by atoms with Crippen LogP contribution in [0.4, 0.5) is 5.69 Å². The summed E-state index contributed by atoms with van der Waals surface area (Å²) in [5.41, 5.74) is 0.831. The third-order valence-electron chi connectivity index (χ3n) is 3.19. The molecule has 0 bridgehead atoms. The highest BCUT2D eigenvalue weighted by molar-refractivity contribution is 5.96. The summed E-state index contributed by atoms with van der Waals surface area (Å²) in [4.78, 5) is 14.0. The van der Waals surface area contributed by atoms with E-state index in [1.54, 1.807) is 38.1 Å². The summed E-state index contributed by atoms with van der Waals surface area (Å²) in [6, 6.07) is 16.7. The van der Waals surface area contributed by atoms with Gasteiger partial charge in [0.25, 0.3) is 5.91 Å². The van der Waals surface area contributed by atoms with E-state index in [1.165, 1.54) is 0 Å². The molecule has 0 N–H and O–H groups in total. The first-order valence-electron chi connectivity index (χ1n) is 6.75. The molecule has 1 amide bonds. The first kappa shape index (κ1) is 14.9. The molecule has 0 heterocycles. The van der Waals surface area contributed by atoms with Crippen molar-refractivity contribution in [2.45, 2.75) is 13.0 Å². The van der Waals surface area contributed by atoms with Gasteiger partial charge in [0.15, 0.2) is 17.6 Å². The first-order chi connectivity index (χ1) is 10.1. The standard InChI is InChI=1S/C17H19NO3/c1-13(21-16-12-8-7-11-15(16)20-3)17(19)18(2)14-9-5-4-6-10-14/h4-13H,1-3H3/t13-/m0/s1. The molecule has 21 heavy (non-hydrogen) atoms. The fourth-order valence-corrected chi connectivity index (χ4v) is 2.01. The average Bonchev–Trinajstić information content (AvgIpc) is 2.54. The van der Waals surface area contributed by atoms with Crippen molar-refractivity contribution in [3.8, 4) is 11.5 Å². The molecule has 0 radical (unpaired) electrons. The van der Waals surface area contributed by atoms with Gasteiger partial charge >= 0.3 is 0 Å². The Hall–Kier alpha value is -2.49. The highest BCUT2D eigenvalue weighted by atomic mass is 16.5. The number of benzene rings is 2. The molecular weight excluding hydrogens is 266 g/mol. The third kappa shape index (κ3) is 3.54. The minimum absolute atomic E-state index is 0.118. The van der Waals surface area contributed by atoms with Gasteiger partial charge < -0.3 is 14.4 Å². The minimum atomic E-state index is -0.605. The van der Waals surface area contributed by atoms with Gasteiger partial charge in [-0.15, -0.1) is 0 Å². The Morgan fingerprint density at radius 2 is 1.57 bits per heavy atom. The molecule has 4 heteroatoms. The molecular formula is C17H19NO3. The number of amides is 1. The Morgan fingerprint density at radius 3 is 2.19 bits per heavy atom. The van der Waals surface area contributed by atoms with Crippen LogP contribution in [-0.4, -0.2) is 26.2 Å². The molecule has 0 spiro atoms. The van der Waals surface area contributed by atoms with E-state index < -0.39 is 6.10 Å². The Kier molecular flexibility index (Phi) is 4.82. The number of ether oxygens (including phenoxy) is 2. The minimum Gasteiger partial charge on any atom is -0.493 e. The van der Waals surface area contributed by atoms with E-state index in [0.29, 0.717) is 11.5 Å². The Bertz CT molecular complexity index is 598. The van der Waals surface area contributed by atoms with E-state index in [-0.39, 0.29) is 5.91 Å². The molecule has 0 aromatic heterocycles. The smallest absolute Gasteiger partial charge is 0.267 e. The number of carbonyl (C=O) groups is 1. The van der Waals surface area contributed by atoms with Crippen molar-refractivity contribution in [3.63, 3.8) is 0 Å². The molecule has 0 unspecified atom stereocenters. The molecule has 0 aliphatic rings. The summed E-state index contributed by atoms with van der Waals surface area (Å²) < 4.78 is 10.9. The van der Waals surface area contributed by atoms with Crippen LogP contribution in [0.3, 0.4) is 0 Å². The number of anilines is 1. The van der Waals surface area contributed by atoms with Crippen LogP contribution in [0.25, 0.3) is 0 Å². The predicted octanol–water partition coefficient (Wildman–Crippen LogP) is 3.13. The summed E-state index contributed by atoms with van der Waals surface area (Å²) in [6.07, 6.45) is -0.605. The van der Waals surface area contributed by atoms with E-state index in [4.69, 9.17) is 9.47 Å². The molecule has 0 saturated heterocycles. The van der Waals surface area contributed by atoms with Gasteiger partial charge in [-0.05, 0) is 31.2 Å². The lowest BCUT2D eigenvalue weighted by Gasteiger charge is -2.22. The van der Waals surface area contributed by atoms with E-state index in [9.17, 15) is 4.79 Å². The number of rotatable bonds is 5. The van der Waals surface area contributed by atoms with E-state index in [0.717, 1.165) is 5.69 Å². The van der Waals surface area contributed by atoms with Gasteiger partial charge in [0.1, 0.15) is 0 Å². The molecule has 0 saturated carbocycles. The molecule has 110 valence electrons. The van der Waals surface area contributed by atoms with Crippen molar-refractivity contribution < 1.29 is 14.3 Å². The molecule has 2 aromatic rings. The lowest BCUT2D eigenvalue weighted by Crippen LogP contribution is -2.38. The summed E-state index contributed by atoms with van der Waals surface area (Å²) in [7, 11) is 3.31. The van der Waals surface area contributed by atoms with Crippen molar-refractivity contribution in [2.24, 2.45) is 0 Å². The highest BCUT2D eigenvalue weighted by Crippen LogP contribution is 2.27. The van der Waals surface area contributed by atoms with Crippen molar-refractivity contribution in [1.82, 2.24) is 0 Å². The maximum absolute atomic E-state index is 12.4. The van der Waals surface area contributed by atoms with Gasteiger partial charge in [0, 0.05) is 12.7 Å². The fraction of sp³-hybridized carbons (Fsp3) is 0.235. The van der Waals surface area contributed by atoms with Crippen molar-refractivity contribution in [3.05, 3.63) is 54.6 Å². The van der Waals surface area contributed by atoms with Crippen LogP contribution < -0.4 is 14.4 Å². The van der Waals surface area contributed by atoms with Crippen molar-refractivity contribution >= 4 is 11.6 Å². The van der Waals surface area contributed by atoms with Gasteiger partial charge in [-0.3, -0.25) is 4.79 Å². The lowest BCUT2D eigenvalue weighted by molar-refractivity contribution is -0.124. The van der Waals surface area contributed by atoms with Crippen molar-refractivity contribution in [2.75, 3.05) is 19.1 Å². The van der Waals surface area contributed by atoms with E-state index >= 15 is 0 Å². The number of nitrogens with zero attached hydrogens (tertiary/aromatic N) is 1. The molecule has 2 rings (SSSR count). The van der Waals surface area contributed by atoms with Gasteiger partial charge in [-0.1, -0.05) is 30.3 Å². The van der Waals surface area contributed by atoms with E-state index in [1.807, 2.05) is 42.5 Å². The first-order valence-corrected chi connectivity index (χ1v) is 6.75. The lowest BCUT2D eigenvalue weighted by atomic mass is 10.2. The van der Waals surface area contributed by atoms with Crippen LogP contribution in [0.2, 0.25) is 0 Å². The predicted molar refractivity (Wildman–Crippen MR) is 82.9 cm³/mol. The molecule has 1 atom stereocenters. The second-order valence-electron chi connectivity index (χ2n) is 4.64. The van der Waals surface area contributed by atoms with Crippen LogP contribution in [0.1, 0.15) is 6.92 Å². The zero-order valence-corrected chi connectivity index (χ0v) is 12.4. The van der Waals surface area contributed by atoms with Crippen LogP contribution in [-0.2, 0) is 4.79 Å². The summed E-state index contributed by atoms with van der Waals surface area (Å²) in [6.45, 7) is 1.73. The van der Waals surface area contributed by atoms with E-state index in [2.05, 4.69) is 0 Å². The fourth-order valence-electron chi connectivity index (χ4n) is 2.01. The average molecular weight is 285 g/mol. The Balaban J connectivity index is 2.09. The highest BCUT2D eigenvalue weighted by Gasteiger charge is 2.21. The second kappa shape index (κ2) is 6.79. The van der Waals surface area contributed by atoms with Crippen molar-refractivity contribution in [1.29, 1.82) is 0 Å². The molecule has 0 aliphatic carbocycles. The van der Waals surface area contributed by atoms with Gasteiger partial charge in [0.2, 0.25) is 0 Å². The molecule has 0 aliphatic heterocycles. The van der Waals surface area contributed by atoms with Gasteiger partial charge in [0.05, 0.1) is 7.11 Å². The molecule has 2 aromatic carbocycles. The maximum atomic E-state index is 12.4. The maximum Gasteiger partial charge on any atom is 0.267 e. The zero-order valence-electron chi connectivity index (χ0n) is 12.4. The number of para-hydroxylation sites is 3. The summed E-state index contributed by atoms with van der Waals surface area (Å²) in [5, 5.41) is 0. The number of methoxy groups -OCH3 is 1. The molecule has 4 nitrogen and oxygen atoms in total. The quantitative estimate of drug-likeness (QED) is 0.847. The second-order valence-corrected chi connectivity index (χ2v) is 4.64. The largest absolute Gasteiger partial charge is 0.493 e. The summed E-state index contributed by atoms with van der Waals surface area (Å²) >= 11 is 0. The Labute approximate surface area is 124 Å². The number of likely N-dealkylation sites (N-methyl/N-ethyl adjacent to an activating group) is 1. The van der Waals surface area contributed by atoms with Crippen LogP contribution in [0.15, 0.2) is 54.6 Å².